The predicted molar refractivity (Wildman–Crippen MR) is 160 cm³/mol. The molecule has 0 aliphatic rings. The molecule has 0 aliphatic carbocycles. The van der Waals surface area contributed by atoms with Gasteiger partial charge in [0.1, 0.15) is 10.5 Å². The Kier molecular flexibility index (Phi) is 11.2. The van der Waals surface area contributed by atoms with E-state index < -0.39 is 17.0 Å². The first-order chi connectivity index (χ1) is 18.3. The number of fused-ring (bicyclic) bond motifs is 1. The number of nitrogens with one attached hydrogen (secondary N) is 3. The Balaban J connectivity index is 0.000000934. The maximum Gasteiger partial charge on any atom is 0.331 e. The van der Waals surface area contributed by atoms with Crippen molar-refractivity contribution in [2.45, 2.75) is 24.5 Å². The highest BCUT2D eigenvalue weighted by atomic mass is 35.5. The molecule has 4 aromatic rings. The topological polar surface area (TPSA) is 105 Å². The SMILES string of the molecule is C/C=C/Cl.CCCNc1ccc2c(=O)n(-c3ccc(NC(=O)NS(=O)c4ccc(Cl)s4)cc3Cl)cnc2c1. The van der Waals surface area contributed by atoms with Crippen LogP contribution >= 0.6 is 46.1 Å². The van der Waals surface area contributed by atoms with Crippen LogP contribution in [0.2, 0.25) is 9.36 Å². The molecule has 13 heteroatoms. The van der Waals surface area contributed by atoms with Crippen molar-refractivity contribution in [1.29, 1.82) is 0 Å². The minimum absolute atomic E-state index is 0.230. The number of hydrogen-bond donors (Lipinski definition) is 3. The number of thiophene rings is 1. The lowest BCUT2D eigenvalue weighted by molar-refractivity contribution is 0.257. The van der Waals surface area contributed by atoms with Gasteiger partial charge in [0.15, 0.2) is 11.0 Å². The van der Waals surface area contributed by atoms with E-state index in [0.717, 1.165) is 30.0 Å². The molecule has 3 N–H and O–H groups in total. The number of hydrogen-bond acceptors (Lipinski definition) is 6. The van der Waals surface area contributed by atoms with E-state index in [1.165, 1.54) is 22.5 Å². The second kappa shape index (κ2) is 14.3. The summed E-state index contributed by atoms with van der Waals surface area (Å²) in [5, 5.41) is 6.53. The zero-order chi connectivity index (χ0) is 27.7. The fourth-order valence-corrected chi connectivity index (χ4v) is 5.54. The van der Waals surface area contributed by atoms with Crippen LogP contribution in [0.25, 0.3) is 16.6 Å². The van der Waals surface area contributed by atoms with Gasteiger partial charge in [0.25, 0.3) is 5.56 Å². The summed E-state index contributed by atoms with van der Waals surface area (Å²) in [5.74, 6) is 0. The van der Waals surface area contributed by atoms with Crippen molar-refractivity contribution >= 4 is 85.4 Å². The molecular weight excluding hydrogens is 589 g/mol. The number of urea groups is 1. The summed E-state index contributed by atoms with van der Waals surface area (Å²) >= 11 is 18.4. The Morgan fingerprint density at radius 3 is 2.50 bits per heavy atom. The molecular formula is C25H24Cl3N5O3S2. The van der Waals surface area contributed by atoms with Gasteiger partial charge in [0.05, 0.1) is 25.9 Å². The number of amides is 2. The Labute approximate surface area is 241 Å². The lowest BCUT2D eigenvalue weighted by atomic mass is 10.2. The van der Waals surface area contributed by atoms with E-state index in [4.69, 9.17) is 34.8 Å². The van der Waals surface area contributed by atoms with Gasteiger partial charge in [-0.15, -0.1) is 11.3 Å². The minimum atomic E-state index is -1.75. The van der Waals surface area contributed by atoms with Crippen molar-refractivity contribution in [3.63, 3.8) is 0 Å². The van der Waals surface area contributed by atoms with Crippen molar-refractivity contribution in [2.24, 2.45) is 0 Å². The van der Waals surface area contributed by atoms with Crippen LogP contribution in [0.4, 0.5) is 16.2 Å². The Bertz CT molecular complexity index is 1530. The van der Waals surface area contributed by atoms with E-state index in [9.17, 15) is 13.8 Å². The van der Waals surface area contributed by atoms with Crippen LogP contribution in [0.3, 0.4) is 0 Å². The molecule has 0 saturated heterocycles. The number of rotatable bonds is 7. The molecule has 0 bridgehead atoms. The van der Waals surface area contributed by atoms with Gasteiger partial charge in [-0.25, -0.2) is 14.0 Å². The molecule has 0 radical (unpaired) electrons. The summed E-state index contributed by atoms with van der Waals surface area (Å²) in [6.07, 6.45) is 4.17. The average Bonchev–Trinajstić information content (AvgIpc) is 3.34. The van der Waals surface area contributed by atoms with Crippen LogP contribution in [-0.4, -0.2) is 26.3 Å². The van der Waals surface area contributed by atoms with Gasteiger partial charge < -0.3 is 10.6 Å². The molecule has 38 heavy (non-hydrogen) atoms. The Morgan fingerprint density at radius 1 is 1.13 bits per heavy atom. The first-order valence-electron chi connectivity index (χ1n) is 11.3. The Hall–Kier alpha value is -2.89. The van der Waals surface area contributed by atoms with Crippen LogP contribution < -0.4 is 20.9 Å². The molecule has 0 spiro atoms. The smallest absolute Gasteiger partial charge is 0.331 e. The molecule has 0 aliphatic heterocycles. The molecule has 2 amide bonds. The molecule has 8 nitrogen and oxygen atoms in total. The highest BCUT2D eigenvalue weighted by Crippen LogP contribution is 2.25. The highest BCUT2D eigenvalue weighted by molar-refractivity contribution is 7.86. The summed E-state index contributed by atoms with van der Waals surface area (Å²) in [4.78, 5) is 29.7. The van der Waals surface area contributed by atoms with Gasteiger partial charge in [-0.3, -0.25) is 14.1 Å². The number of aromatic nitrogens is 2. The summed E-state index contributed by atoms with van der Waals surface area (Å²) in [5.41, 5.74) is 3.46. The van der Waals surface area contributed by atoms with Crippen LogP contribution in [0, 0.1) is 0 Å². The largest absolute Gasteiger partial charge is 0.385 e. The second-order valence-electron chi connectivity index (χ2n) is 7.59. The van der Waals surface area contributed by atoms with Gasteiger partial charge in [-0.05, 0) is 67.4 Å². The van der Waals surface area contributed by atoms with Crippen LogP contribution in [-0.2, 0) is 11.0 Å². The molecule has 2 aromatic heterocycles. The maximum atomic E-state index is 13.0. The van der Waals surface area contributed by atoms with Gasteiger partial charge in [0, 0.05) is 17.9 Å². The van der Waals surface area contributed by atoms with Crippen LogP contribution in [0.15, 0.2) is 75.5 Å². The predicted octanol–water partition coefficient (Wildman–Crippen LogP) is 7.18. The van der Waals surface area contributed by atoms with Gasteiger partial charge >= 0.3 is 6.03 Å². The molecule has 1 atom stereocenters. The van der Waals surface area contributed by atoms with Crippen molar-refractivity contribution < 1.29 is 9.00 Å². The van der Waals surface area contributed by atoms with Crippen LogP contribution in [0.1, 0.15) is 20.3 Å². The summed E-state index contributed by atoms with van der Waals surface area (Å²) in [6, 6.07) is 12.6. The number of allylic oxidation sites excluding steroid dienone is 1. The van der Waals surface area contributed by atoms with E-state index in [0.29, 0.717) is 30.8 Å². The molecule has 0 fully saturated rings. The zero-order valence-electron chi connectivity index (χ0n) is 20.3. The van der Waals surface area contributed by atoms with E-state index in [-0.39, 0.29) is 10.6 Å². The van der Waals surface area contributed by atoms with Crippen molar-refractivity contribution in [3.05, 3.63) is 86.2 Å². The molecule has 2 heterocycles. The van der Waals surface area contributed by atoms with Crippen molar-refractivity contribution in [1.82, 2.24) is 14.3 Å². The third-order valence-corrected chi connectivity index (χ3v) is 8.00. The van der Waals surface area contributed by atoms with E-state index in [1.807, 2.05) is 19.1 Å². The molecule has 1 unspecified atom stereocenters. The quantitative estimate of drug-likeness (QED) is 0.205. The molecule has 2 aromatic carbocycles. The summed E-state index contributed by atoms with van der Waals surface area (Å²) in [6.45, 7) is 4.77. The minimum Gasteiger partial charge on any atom is -0.385 e. The lowest BCUT2D eigenvalue weighted by Gasteiger charge is -2.12. The normalized spacial score (nSPS) is 11.6. The molecule has 4 rings (SSSR count). The summed E-state index contributed by atoms with van der Waals surface area (Å²) < 4.78 is 16.8. The number of halogens is 3. The number of nitrogens with zero attached hydrogens (tertiary/aromatic N) is 2. The number of benzene rings is 2. The highest BCUT2D eigenvalue weighted by Gasteiger charge is 2.14. The van der Waals surface area contributed by atoms with Crippen LogP contribution in [0.5, 0.6) is 0 Å². The van der Waals surface area contributed by atoms with Gasteiger partial charge in [0.2, 0.25) is 0 Å². The standard InChI is InChI=1S/C22H19Cl2N5O3S2.C3H5Cl/c1-2-9-25-13-3-5-15-17(11-13)26-12-29(21(15)30)18-6-4-14(10-16(18)23)27-22(31)28-34(32)20-8-7-19(24)33-20;1-2-3-4/h3-8,10-12,25H,2,9H2,1H3,(H2,27,28,31);2-3H,1H3/b;3-2+. The third-order valence-electron chi connectivity index (χ3n) is 4.85. The van der Waals surface area contributed by atoms with E-state index in [2.05, 4.69) is 27.3 Å². The van der Waals surface area contributed by atoms with Crippen molar-refractivity contribution in [2.75, 3.05) is 17.2 Å². The first kappa shape index (κ1) is 29.7. The Morgan fingerprint density at radius 2 is 1.87 bits per heavy atom. The molecule has 200 valence electrons. The summed E-state index contributed by atoms with van der Waals surface area (Å²) in [7, 11) is -1.75. The molecule has 0 saturated carbocycles. The van der Waals surface area contributed by atoms with Gasteiger partial charge in [-0.2, -0.15) is 0 Å². The fourth-order valence-electron chi connectivity index (χ4n) is 3.14. The third kappa shape index (κ3) is 7.81. The second-order valence-corrected chi connectivity index (χ2v) is 11.4. The number of carbonyl (C=O) groups excluding carboxylic acids is 1. The van der Waals surface area contributed by atoms with E-state index in [1.54, 1.807) is 36.4 Å². The fraction of sp³-hybridized carbons (Fsp3) is 0.160. The average molecular weight is 613 g/mol. The number of anilines is 2. The number of carbonyl (C=O) groups is 1. The first-order valence-corrected chi connectivity index (χ1v) is 14.4. The monoisotopic (exact) mass is 611 g/mol. The van der Waals surface area contributed by atoms with Crippen molar-refractivity contribution in [3.8, 4) is 5.69 Å². The van der Waals surface area contributed by atoms with E-state index >= 15 is 0 Å². The maximum absolute atomic E-state index is 13.0. The van der Waals surface area contributed by atoms with Gasteiger partial charge in [-0.1, -0.05) is 47.8 Å². The lowest BCUT2D eigenvalue weighted by Crippen LogP contribution is -2.30. The zero-order valence-corrected chi connectivity index (χ0v) is 24.2.